The molecular formula is C57H77BrCl4MgN4O. The van der Waals surface area contributed by atoms with Gasteiger partial charge in [-0.15, -0.1) is 0 Å². The van der Waals surface area contributed by atoms with Gasteiger partial charge in [-0.2, -0.15) is 11.0 Å². The molecule has 0 saturated heterocycles. The van der Waals surface area contributed by atoms with Crippen LogP contribution < -0.4 is 28.4 Å². The molecule has 11 heteroatoms. The SMILES string of the molecule is CC(C)CC(=[N-])C1(c2ccc(Cl)cc2)CCC1.CC(C)CC(N)C1(c2ccc(Cl)cc2)CCC1.CC(C)CC(N)C1(c2ccc(Cl)cc2)CCC1.CO.N#CC1(c2ccc(Cl)cc2)CCC1.[Br-].[Mg+2]. The quantitative estimate of drug-likeness (QED) is 0.0913. The van der Waals surface area contributed by atoms with Gasteiger partial charge in [-0.05, 0) is 165 Å². The van der Waals surface area contributed by atoms with Gasteiger partial charge in [0.1, 0.15) is 0 Å². The Bertz CT molecular complexity index is 2030. The van der Waals surface area contributed by atoms with Crippen molar-refractivity contribution >= 4 is 75.2 Å². The van der Waals surface area contributed by atoms with E-state index in [1.165, 1.54) is 61.6 Å². The zero-order valence-corrected chi connectivity index (χ0v) is 47.8. The average Bonchev–Trinajstić information content (AvgIpc) is 3.20. The van der Waals surface area contributed by atoms with Crippen molar-refractivity contribution in [3.63, 3.8) is 0 Å². The molecule has 0 spiro atoms. The Labute approximate surface area is 457 Å². The number of nitriles is 1. The fraction of sp³-hybridized carbons (Fsp3) is 0.544. The van der Waals surface area contributed by atoms with E-state index in [4.69, 9.17) is 68.2 Å². The van der Waals surface area contributed by atoms with E-state index in [0.29, 0.717) is 23.5 Å². The number of rotatable bonds is 13. The van der Waals surface area contributed by atoms with Gasteiger partial charge in [0.2, 0.25) is 0 Å². The van der Waals surface area contributed by atoms with Gasteiger partial charge in [0.05, 0.1) is 11.5 Å². The van der Waals surface area contributed by atoms with Crippen LogP contribution in [0, 0.1) is 29.1 Å². The summed E-state index contributed by atoms with van der Waals surface area (Å²) in [4.78, 5) is 0. The van der Waals surface area contributed by atoms with E-state index in [1.807, 2.05) is 60.7 Å². The van der Waals surface area contributed by atoms with Crippen LogP contribution >= 0.6 is 46.4 Å². The molecule has 0 radical (unpaired) electrons. The van der Waals surface area contributed by atoms with Gasteiger partial charge in [-0.3, -0.25) is 0 Å². The number of hydrogen-bond acceptors (Lipinski definition) is 4. The molecule has 5 nitrogen and oxygen atoms in total. The van der Waals surface area contributed by atoms with E-state index >= 15 is 0 Å². The molecule has 8 rings (SSSR count). The van der Waals surface area contributed by atoms with Crippen LogP contribution in [0.1, 0.15) is 160 Å². The van der Waals surface area contributed by atoms with Crippen LogP contribution in [0.4, 0.5) is 0 Å². The molecule has 4 aliphatic carbocycles. The summed E-state index contributed by atoms with van der Waals surface area (Å²) in [6.07, 6.45) is 17.0. The Morgan fingerprint density at radius 1 is 0.529 bits per heavy atom. The maximum Gasteiger partial charge on any atom is 2.00 e. The first-order valence-electron chi connectivity index (χ1n) is 24.4. The largest absolute Gasteiger partial charge is 2.00 e. The second-order valence-corrected chi connectivity index (χ2v) is 22.3. The second-order valence-electron chi connectivity index (χ2n) is 20.5. The minimum atomic E-state index is -0.204. The molecule has 0 aromatic heterocycles. The van der Waals surface area contributed by atoms with Crippen molar-refractivity contribution in [3.8, 4) is 6.07 Å². The molecule has 68 heavy (non-hydrogen) atoms. The van der Waals surface area contributed by atoms with E-state index in [2.05, 4.69) is 84.0 Å². The predicted octanol–water partition coefficient (Wildman–Crippen LogP) is 12.6. The standard InChI is InChI=1S/2C15H22ClN.C15H19ClN.C11H10ClN.CH4O.BrH.Mg/c3*1-11(2)10-14(17)15(8-3-9-15)12-4-6-13(16)7-5-12;12-10-4-2-9(3-5-10)11(8-13)6-1-7-11;1-2;;/h2*4-7,11,14H,3,8-10,17H2,1-2H3;4-7,11H,3,8-10H2,1-2H3;2-5H,1,6-7H2;2H,1H3;1H;/q;;-1;;;;+2/p-1. The zero-order chi connectivity index (χ0) is 48.7. The van der Waals surface area contributed by atoms with Crippen molar-refractivity contribution in [1.29, 1.82) is 5.26 Å². The summed E-state index contributed by atoms with van der Waals surface area (Å²) in [7, 11) is 1.00. The topological polar surface area (TPSA) is 118 Å². The summed E-state index contributed by atoms with van der Waals surface area (Å²) in [5.74, 6) is 1.82. The maximum atomic E-state index is 10.4. The molecule has 4 aliphatic rings. The van der Waals surface area contributed by atoms with Gasteiger partial charge in [-0.25, -0.2) is 0 Å². The van der Waals surface area contributed by atoms with Crippen molar-refractivity contribution in [1.82, 2.24) is 0 Å². The molecule has 4 aromatic rings. The smallest absolute Gasteiger partial charge is 1.00 e. The number of benzene rings is 4. The molecule has 0 amide bonds. The van der Waals surface area contributed by atoms with Crippen LogP contribution in [-0.2, 0) is 21.7 Å². The molecule has 4 aromatic carbocycles. The summed E-state index contributed by atoms with van der Waals surface area (Å²) in [5, 5.41) is 29.6. The normalized spacial score (nSPS) is 18.2. The first kappa shape index (κ1) is 62.4. The minimum absolute atomic E-state index is 0. The first-order valence-corrected chi connectivity index (χ1v) is 25.9. The molecule has 0 heterocycles. The summed E-state index contributed by atoms with van der Waals surface area (Å²) in [6, 6.07) is 35.1. The third-order valence-electron chi connectivity index (χ3n) is 14.8. The summed E-state index contributed by atoms with van der Waals surface area (Å²) in [6.45, 7) is 13.3. The van der Waals surface area contributed by atoms with Gasteiger partial charge < -0.3 is 39.0 Å². The van der Waals surface area contributed by atoms with Gasteiger partial charge in [0, 0.05) is 50.1 Å². The average molecular weight is 1080 g/mol. The van der Waals surface area contributed by atoms with E-state index < -0.39 is 0 Å². The maximum absolute atomic E-state index is 10.4. The van der Waals surface area contributed by atoms with Gasteiger partial charge in [-0.1, -0.05) is 162 Å². The van der Waals surface area contributed by atoms with Crippen molar-refractivity contribution in [3.05, 3.63) is 145 Å². The minimum Gasteiger partial charge on any atom is -1.00 e. The number of halogens is 5. The van der Waals surface area contributed by atoms with Crippen molar-refractivity contribution in [2.75, 3.05) is 7.11 Å². The monoisotopic (exact) mass is 1080 g/mol. The molecule has 2 unspecified atom stereocenters. The number of nitrogens with zero attached hydrogens (tertiary/aromatic N) is 2. The van der Waals surface area contributed by atoms with Crippen LogP contribution in [-0.4, -0.2) is 53.1 Å². The number of aliphatic hydroxyl groups excluding tert-OH is 1. The zero-order valence-electron chi connectivity index (χ0n) is 41.8. The molecule has 0 aliphatic heterocycles. The van der Waals surface area contributed by atoms with Crippen molar-refractivity contribution < 1.29 is 22.1 Å². The fourth-order valence-corrected chi connectivity index (χ4v) is 10.8. The van der Waals surface area contributed by atoms with E-state index in [0.717, 1.165) is 84.1 Å². The Morgan fingerprint density at radius 2 is 0.824 bits per heavy atom. The molecule has 4 saturated carbocycles. The van der Waals surface area contributed by atoms with E-state index in [1.54, 1.807) is 0 Å². The van der Waals surface area contributed by atoms with Crippen LogP contribution in [0.25, 0.3) is 5.41 Å². The summed E-state index contributed by atoms with van der Waals surface area (Å²) < 4.78 is 0. The fourth-order valence-electron chi connectivity index (χ4n) is 10.3. The molecule has 5 N–H and O–H groups in total. The number of nitrogens with two attached hydrogens (primary N) is 2. The van der Waals surface area contributed by atoms with Gasteiger partial charge in [0.15, 0.2) is 0 Å². The molecule has 0 bridgehead atoms. The Balaban J connectivity index is 0.000000306. The summed E-state index contributed by atoms with van der Waals surface area (Å²) in [5.41, 5.74) is 18.8. The Hall–Kier alpha value is -1.67. The molecule has 4 fully saturated rings. The predicted molar refractivity (Wildman–Crippen MR) is 290 cm³/mol. The van der Waals surface area contributed by atoms with Gasteiger partial charge >= 0.3 is 23.1 Å². The first-order chi connectivity index (χ1) is 31.4. The van der Waals surface area contributed by atoms with Gasteiger partial charge in [0.25, 0.3) is 0 Å². The van der Waals surface area contributed by atoms with E-state index in [9.17, 15) is 5.41 Å². The number of hydrogen-bond donors (Lipinski definition) is 3. The van der Waals surface area contributed by atoms with Crippen LogP contribution in [0.15, 0.2) is 97.1 Å². The van der Waals surface area contributed by atoms with Crippen LogP contribution in [0.3, 0.4) is 0 Å². The summed E-state index contributed by atoms with van der Waals surface area (Å²) >= 11 is 23.6. The molecule has 2 atom stereocenters. The van der Waals surface area contributed by atoms with Crippen LogP contribution in [0.5, 0.6) is 0 Å². The Kier molecular flexibility index (Phi) is 26.8. The van der Waals surface area contributed by atoms with Crippen molar-refractivity contribution in [2.24, 2.45) is 29.2 Å². The van der Waals surface area contributed by atoms with Crippen LogP contribution in [0.2, 0.25) is 20.1 Å². The second kappa shape index (κ2) is 29.1. The molecular weight excluding hydrogens is 1000 g/mol. The number of aliphatic hydroxyl groups is 1. The third-order valence-corrected chi connectivity index (χ3v) is 15.8. The third kappa shape index (κ3) is 15.9. The van der Waals surface area contributed by atoms with Crippen molar-refractivity contribution in [2.45, 2.75) is 172 Å². The molecule has 368 valence electrons. The Morgan fingerprint density at radius 3 is 1.04 bits per heavy atom. The van der Waals surface area contributed by atoms with E-state index in [-0.39, 0.29) is 73.8 Å².